The van der Waals surface area contributed by atoms with Crippen molar-refractivity contribution < 1.29 is 9.53 Å². The van der Waals surface area contributed by atoms with Crippen LogP contribution in [0.3, 0.4) is 0 Å². The number of nitrogens with one attached hydrogen (secondary N) is 1. The number of carbonyl (C=O) groups is 1. The van der Waals surface area contributed by atoms with E-state index in [0.717, 1.165) is 45.4 Å². The Morgan fingerprint density at radius 2 is 1.94 bits per heavy atom. The highest BCUT2D eigenvalue weighted by Gasteiger charge is 2.40. The molecule has 180 valence electrons. The molecular formula is C25H26N6O2S2. The van der Waals surface area contributed by atoms with Crippen molar-refractivity contribution in [3.63, 3.8) is 0 Å². The van der Waals surface area contributed by atoms with Crippen molar-refractivity contribution in [3.05, 3.63) is 65.5 Å². The number of benzene rings is 2. The van der Waals surface area contributed by atoms with Gasteiger partial charge < -0.3 is 9.30 Å². The van der Waals surface area contributed by atoms with E-state index in [9.17, 15) is 4.79 Å². The second kappa shape index (κ2) is 10.2. The number of thioether (sulfide) groups is 2. The molecule has 1 aliphatic heterocycles. The second-order valence-corrected chi connectivity index (χ2v) is 10.8. The number of ether oxygens (including phenoxy) is 1. The Morgan fingerprint density at radius 1 is 1.17 bits per heavy atom. The first-order valence-corrected chi connectivity index (χ1v) is 13.4. The lowest BCUT2D eigenvalue weighted by Gasteiger charge is -2.14. The fraction of sp³-hybridized carbons (Fsp3) is 0.320. The van der Waals surface area contributed by atoms with Gasteiger partial charge in [-0.2, -0.15) is 5.21 Å². The van der Waals surface area contributed by atoms with E-state index in [0.29, 0.717) is 12.4 Å². The number of hydrogen-bond donors (Lipinski definition) is 1. The van der Waals surface area contributed by atoms with Gasteiger partial charge in [0.1, 0.15) is 5.25 Å². The van der Waals surface area contributed by atoms with Gasteiger partial charge in [-0.3, -0.25) is 4.79 Å². The number of hydrogen-bond acceptors (Lipinski definition) is 8. The van der Waals surface area contributed by atoms with E-state index in [1.54, 1.807) is 23.5 Å². The van der Waals surface area contributed by atoms with Crippen molar-refractivity contribution in [3.8, 4) is 22.5 Å². The van der Waals surface area contributed by atoms with Crippen LogP contribution in [0.25, 0.3) is 22.5 Å². The number of tetrazole rings is 1. The maximum atomic E-state index is 12.4. The minimum Gasteiger partial charge on any atom is -0.468 e. The van der Waals surface area contributed by atoms with Gasteiger partial charge in [0.15, 0.2) is 5.16 Å². The van der Waals surface area contributed by atoms with Crippen LogP contribution in [0.2, 0.25) is 0 Å². The number of nitrogens with zero attached hydrogens (tertiary/aromatic N) is 5. The molecule has 0 saturated heterocycles. The molecule has 2 atom stereocenters. The first-order chi connectivity index (χ1) is 17.1. The van der Waals surface area contributed by atoms with E-state index in [2.05, 4.69) is 69.4 Å². The number of H-pyrrole nitrogens is 1. The molecular weight excluding hydrogens is 480 g/mol. The van der Waals surface area contributed by atoms with E-state index in [1.165, 1.54) is 12.7 Å². The lowest BCUT2D eigenvalue weighted by Crippen LogP contribution is -2.09. The molecule has 0 saturated carbocycles. The van der Waals surface area contributed by atoms with Crippen LogP contribution in [0.1, 0.15) is 47.7 Å². The van der Waals surface area contributed by atoms with E-state index in [4.69, 9.17) is 9.72 Å². The Balaban J connectivity index is 1.46. The Labute approximate surface area is 212 Å². The fourth-order valence-electron chi connectivity index (χ4n) is 4.32. The molecule has 10 heteroatoms. The van der Waals surface area contributed by atoms with Gasteiger partial charge in [0.2, 0.25) is 5.82 Å². The number of carbonyl (C=O) groups excluding carboxylic acids is 1. The zero-order valence-corrected chi connectivity index (χ0v) is 21.4. The Hall–Kier alpha value is -3.11. The standard InChI is InChI=1S/C25H26N6O2S2/c1-4-13-34-25-26-20-21(15(2)35-22(20)24(32)33-3)31(25)14-16-9-11-17(12-10-16)18-7-5-6-8-19(18)23-27-29-30-28-23/h5-12,15,22H,4,13-14H2,1-3H3,(H,27,28,29,30). The van der Waals surface area contributed by atoms with Crippen molar-refractivity contribution in [1.82, 2.24) is 30.2 Å². The quantitative estimate of drug-likeness (QED) is 0.254. The second-order valence-electron chi connectivity index (χ2n) is 8.26. The molecule has 1 aliphatic rings. The van der Waals surface area contributed by atoms with Crippen molar-refractivity contribution >= 4 is 29.5 Å². The number of aromatic amines is 1. The molecule has 0 amide bonds. The normalized spacial score (nSPS) is 16.9. The third-order valence-corrected chi connectivity index (χ3v) is 8.44. The lowest BCUT2D eigenvalue weighted by atomic mass is 9.98. The zero-order valence-electron chi connectivity index (χ0n) is 19.8. The number of rotatable bonds is 8. The van der Waals surface area contributed by atoms with Gasteiger partial charge in [0.25, 0.3) is 0 Å². The Kier molecular flexibility index (Phi) is 6.92. The molecule has 4 aromatic rings. The van der Waals surface area contributed by atoms with Gasteiger partial charge in [0.05, 0.1) is 18.5 Å². The van der Waals surface area contributed by atoms with Gasteiger partial charge in [-0.05, 0) is 35.2 Å². The predicted molar refractivity (Wildman–Crippen MR) is 138 cm³/mol. The first kappa shape index (κ1) is 23.6. The van der Waals surface area contributed by atoms with E-state index in [1.807, 2.05) is 18.2 Å². The number of fused-ring (bicyclic) bond motifs is 1. The molecule has 1 N–H and O–H groups in total. The summed E-state index contributed by atoms with van der Waals surface area (Å²) in [5.74, 6) is 1.32. The third-order valence-electron chi connectivity index (χ3n) is 5.94. The molecule has 35 heavy (non-hydrogen) atoms. The molecule has 2 unspecified atom stereocenters. The summed E-state index contributed by atoms with van der Waals surface area (Å²) in [6.07, 6.45) is 1.06. The van der Waals surface area contributed by atoms with Crippen molar-refractivity contribution in [2.75, 3.05) is 12.9 Å². The van der Waals surface area contributed by atoms with Crippen molar-refractivity contribution in [2.24, 2.45) is 0 Å². The van der Waals surface area contributed by atoms with Crippen LogP contribution in [0.4, 0.5) is 0 Å². The third kappa shape index (κ3) is 4.60. The van der Waals surface area contributed by atoms with Crippen LogP contribution < -0.4 is 0 Å². The van der Waals surface area contributed by atoms with Crippen LogP contribution in [0, 0.1) is 0 Å². The number of esters is 1. The highest BCUT2D eigenvalue weighted by Crippen LogP contribution is 2.51. The first-order valence-electron chi connectivity index (χ1n) is 11.5. The average Bonchev–Trinajstić information content (AvgIpc) is 3.61. The van der Waals surface area contributed by atoms with Gasteiger partial charge in [-0.1, -0.05) is 67.2 Å². The summed E-state index contributed by atoms with van der Waals surface area (Å²) in [5, 5.41) is 15.3. The van der Waals surface area contributed by atoms with Gasteiger partial charge in [-0.15, -0.1) is 22.0 Å². The summed E-state index contributed by atoms with van der Waals surface area (Å²) >= 11 is 3.35. The van der Waals surface area contributed by atoms with Crippen molar-refractivity contribution in [1.29, 1.82) is 0 Å². The smallest absolute Gasteiger partial charge is 0.325 e. The largest absolute Gasteiger partial charge is 0.468 e. The van der Waals surface area contributed by atoms with Gasteiger partial charge in [0, 0.05) is 23.1 Å². The summed E-state index contributed by atoms with van der Waals surface area (Å²) in [7, 11) is 1.44. The number of imidazole rings is 1. The Morgan fingerprint density at radius 3 is 2.63 bits per heavy atom. The summed E-state index contributed by atoms with van der Waals surface area (Å²) in [4.78, 5) is 17.3. The van der Waals surface area contributed by atoms with Crippen LogP contribution in [-0.4, -0.2) is 49.0 Å². The monoisotopic (exact) mass is 506 g/mol. The van der Waals surface area contributed by atoms with Gasteiger partial charge in [-0.25, -0.2) is 4.98 Å². The molecule has 2 aromatic heterocycles. The number of aromatic nitrogens is 6. The highest BCUT2D eigenvalue weighted by atomic mass is 32.2. The molecule has 0 radical (unpaired) electrons. The zero-order chi connectivity index (χ0) is 24.4. The molecule has 8 nitrogen and oxygen atoms in total. The van der Waals surface area contributed by atoms with Gasteiger partial charge >= 0.3 is 5.97 Å². The number of methoxy groups -OCH3 is 1. The molecule has 0 fully saturated rings. The maximum Gasteiger partial charge on any atom is 0.325 e. The maximum absolute atomic E-state index is 12.4. The lowest BCUT2D eigenvalue weighted by molar-refractivity contribution is -0.140. The molecule has 5 rings (SSSR count). The summed E-state index contributed by atoms with van der Waals surface area (Å²) in [6, 6.07) is 16.6. The molecule has 0 spiro atoms. The molecule has 3 heterocycles. The van der Waals surface area contributed by atoms with E-state index < -0.39 is 0 Å². The molecule has 0 bridgehead atoms. The van der Waals surface area contributed by atoms with E-state index in [-0.39, 0.29) is 16.5 Å². The van der Waals surface area contributed by atoms with Crippen molar-refractivity contribution in [2.45, 2.75) is 42.5 Å². The van der Waals surface area contributed by atoms with Crippen LogP contribution in [0.15, 0.2) is 53.7 Å². The minimum absolute atomic E-state index is 0.165. The SMILES string of the molecule is CCCSc1nc2c(n1Cc1ccc(-c3ccccc3-c3nn[nH]n3)cc1)C(C)SC2C(=O)OC. The molecule has 2 aromatic carbocycles. The van der Waals surface area contributed by atoms with Crippen LogP contribution in [0.5, 0.6) is 0 Å². The summed E-state index contributed by atoms with van der Waals surface area (Å²) in [6.45, 7) is 4.99. The average molecular weight is 507 g/mol. The van der Waals surface area contributed by atoms with Crippen LogP contribution >= 0.6 is 23.5 Å². The van der Waals surface area contributed by atoms with Crippen LogP contribution in [-0.2, 0) is 16.1 Å². The molecule has 0 aliphatic carbocycles. The minimum atomic E-state index is -0.365. The summed E-state index contributed by atoms with van der Waals surface area (Å²) in [5.41, 5.74) is 6.20. The predicted octanol–water partition coefficient (Wildman–Crippen LogP) is 5.30. The Bertz CT molecular complexity index is 1320. The van der Waals surface area contributed by atoms with E-state index >= 15 is 0 Å². The fourth-order valence-corrected chi connectivity index (χ4v) is 6.49. The summed E-state index contributed by atoms with van der Waals surface area (Å²) < 4.78 is 7.33. The topological polar surface area (TPSA) is 98.6 Å². The highest BCUT2D eigenvalue weighted by molar-refractivity contribution is 8.00.